The molecule has 1 fully saturated rings. The van der Waals surface area contributed by atoms with E-state index < -0.39 is 5.91 Å². The molecule has 6 nitrogen and oxygen atoms in total. The zero-order valence-electron chi connectivity index (χ0n) is 15.1. The second-order valence-electron chi connectivity index (χ2n) is 6.73. The van der Waals surface area contributed by atoms with Crippen molar-refractivity contribution < 1.29 is 9.21 Å². The Balaban J connectivity index is 1.59. The van der Waals surface area contributed by atoms with E-state index in [2.05, 4.69) is 33.1 Å². The number of aliphatic imine (C=N–C) groups is 1. The highest BCUT2D eigenvalue weighted by Crippen LogP contribution is 2.41. The van der Waals surface area contributed by atoms with Gasteiger partial charge in [0.05, 0.1) is 6.54 Å². The average molecular weight is 375 g/mol. The molecule has 1 saturated carbocycles. The minimum atomic E-state index is -0.561. The van der Waals surface area contributed by atoms with Crippen LogP contribution in [0.4, 0.5) is 0 Å². The molecule has 0 spiro atoms. The molecule has 3 rings (SSSR count). The quantitative estimate of drug-likeness (QED) is 0.535. The molecule has 1 amide bonds. The highest BCUT2D eigenvalue weighted by atomic mass is 32.1. The standard InChI is InChI=1S/C19H26N4O2S/c1-21-18(22-12-14-7-8-15(25-14)17(20)24)23-13-19(9-3-2-4-10-19)16-6-5-11-26-16/h5-8,11H,2-4,9-10,12-13H2,1H3,(H2,20,24)(H2,21,22,23). The Hall–Kier alpha value is -2.28. The maximum absolute atomic E-state index is 11.1. The van der Waals surface area contributed by atoms with Gasteiger partial charge in [0.15, 0.2) is 11.7 Å². The molecule has 26 heavy (non-hydrogen) atoms. The lowest BCUT2D eigenvalue weighted by molar-refractivity contribution is 0.0972. The van der Waals surface area contributed by atoms with Crippen molar-refractivity contribution in [3.05, 3.63) is 46.0 Å². The van der Waals surface area contributed by atoms with Crippen molar-refractivity contribution in [2.45, 2.75) is 44.1 Å². The van der Waals surface area contributed by atoms with Crippen molar-refractivity contribution >= 4 is 23.2 Å². The third-order valence-electron chi connectivity index (χ3n) is 5.01. The zero-order valence-corrected chi connectivity index (χ0v) is 15.9. The topological polar surface area (TPSA) is 92.6 Å². The molecule has 0 saturated heterocycles. The van der Waals surface area contributed by atoms with Crippen LogP contribution in [0, 0.1) is 0 Å². The first-order chi connectivity index (χ1) is 12.6. The van der Waals surface area contributed by atoms with Crippen molar-refractivity contribution in [3.8, 4) is 0 Å². The van der Waals surface area contributed by atoms with Crippen LogP contribution in [-0.2, 0) is 12.0 Å². The molecule has 4 N–H and O–H groups in total. The molecular formula is C19H26N4O2S. The summed E-state index contributed by atoms with van der Waals surface area (Å²) >= 11 is 1.84. The molecule has 1 aliphatic carbocycles. The predicted molar refractivity (Wildman–Crippen MR) is 105 cm³/mol. The van der Waals surface area contributed by atoms with Crippen LogP contribution < -0.4 is 16.4 Å². The summed E-state index contributed by atoms with van der Waals surface area (Å²) in [5.41, 5.74) is 5.40. The molecule has 0 atom stereocenters. The van der Waals surface area contributed by atoms with Gasteiger partial charge in [-0.2, -0.15) is 0 Å². The molecule has 2 aromatic rings. The molecule has 0 radical (unpaired) electrons. The van der Waals surface area contributed by atoms with Gasteiger partial charge in [0.1, 0.15) is 5.76 Å². The maximum Gasteiger partial charge on any atom is 0.284 e. The number of nitrogens with two attached hydrogens (primary N) is 1. The minimum absolute atomic E-state index is 0.170. The molecular weight excluding hydrogens is 348 g/mol. The minimum Gasteiger partial charge on any atom is -0.454 e. The number of hydrogen-bond acceptors (Lipinski definition) is 4. The summed E-state index contributed by atoms with van der Waals surface area (Å²) in [7, 11) is 1.75. The molecule has 0 bridgehead atoms. The van der Waals surface area contributed by atoms with Crippen LogP contribution >= 0.6 is 11.3 Å². The van der Waals surface area contributed by atoms with Gasteiger partial charge < -0.3 is 20.8 Å². The second-order valence-corrected chi connectivity index (χ2v) is 7.68. The van der Waals surface area contributed by atoms with E-state index >= 15 is 0 Å². The molecule has 0 aliphatic heterocycles. The summed E-state index contributed by atoms with van der Waals surface area (Å²) in [4.78, 5) is 16.9. The molecule has 7 heteroatoms. The number of carbonyl (C=O) groups is 1. The number of guanidine groups is 1. The van der Waals surface area contributed by atoms with Gasteiger partial charge in [-0.15, -0.1) is 11.3 Å². The maximum atomic E-state index is 11.1. The van der Waals surface area contributed by atoms with Gasteiger partial charge in [-0.05, 0) is 36.4 Å². The summed E-state index contributed by atoms with van der Waals surface area (Å²) in [5, 5.41) is 8.88. The van der Waals surface area contributed by atoms with E-state index in [1.54, 1.807) is 19.2 Å². The first kappa shape index (κ1) is 18.5. The van der Waals surface area contributed by atoms with Gasteiger partial charge in [-0.1, -0.05) is 25.3 Å². The number of thiophene rings is 1. The number of furan rings is 1. The Morgan fingerprint density at radius 3 is 2.69 bits per heavy atom. The van der Waals surface area contributed by atoms with Gasteiger partial charge in [-0.3, -0.25) is 9.79 Å². The third-order valence-corrected chi connectivity index (χ3v) is 6.12. The van der Waals surface area contributed by atoms with E-state index in [-0.39, 0.29) is 11.2 Å². The predicted octanol–water partition coefficient (Wildman–Crippen LogP) is 3.01. The van der Waals surface area contributed by atoms with Gasteiger partial charge in [-0.25, -0.2) is 0 Å². The average Bonchev–Trinajstić information content (AvgIpc) is 3.35. The van der Waals surface area contributed by atoms with Gasteiger partial charge in [0.25, 0.3) is 5.91 Å². The van der Waals surface area contributed by atoms with Crippen LogP contribution in [0.1, 0.15) is 53.3 Å². The lowest BCUT2D eigenvalue weighted by atomic mass is 9.73. The van der Waals surface area contributed by atoms with Crippen molar-refractivity contribution in [1.29, 1.82) is 0 Å². The van der Waals surface area contributed by atoms with Crippen molar-refractivity contribution in [1.82, 2.24) is 10.6 Å². The van der Waals surface area contributed by atoms with E-state index in [1.807, 2.05) is 11.3 Å². The lowest BCUT2D eigenvalue weighted by Gasteiger charge is -2.37. The number of hydrogen-bond donors (Lipinski definition) is 3. The first-order valence-electron chi connectivity index (χ1n) is 9.00. The largest absolute Gasteiger partial charge is 0.454 e. The summed E-state index contributed by atoms with van der Waals surface area (Å²) in [5.74, 6) is 0.980. The van der Waals surface area contributed by atoms with Crippen molar-refractivity contribution in [2.75, 3.05) is 13.6 Å². The molecule has 0 unspecified atom stereocenters. The normalized spacial score (nSPS) is 17.0. The molecule has 1 aliphatic rings. The van der Waals surface area contributed by atoms with Crippen LogP contribution in [0.3, 0.4) is 0 Å². The second kappa shape index (κ2) is 8.40. The Labute approximate surface area is 157 Å². The van der Waals surface area contributed by atoms with Gasteiger partial charge >= 0.3 is 0 Å². The van der Waals surface area contributed by atoms with Crippen LogP contribution in [0.5, 0.6) is 0 Å². The lowest BCUT2D eigenvalue weighted by Crippen LogP contribution is -2.46. The van der Waals surface area contributed by atoms with Crippen LogP contribution in [0.15, 0.2) is 39.1 Å². The number of rotatable bonds is 6. The summed E-state index contributed by atoms with van der Waals surface area (Å²) in [6.45, 7) is 1.30. The van der Waals surface area contributed by atoms with Crippen LogP contribution in [0.2, 0.25) is 0 Å². The van der Waals surface area contributed by atoms with E-state index in [0.29, 0.717) is 12.3 Å². The number of nitrogens with zero attached hydrogens (tertiary/aromatic N) is 1. The van der Waals surface area contributed by atoms with Crippen LogP contribution in [-0.4, -0.2) is 25.5 Å². The number of carbonyl (C=O) groups excluding carboxylic acids is 1. The Morgan fingerprint density at radius 1 is 1.27 bits per heavy atom. The number of amides is 1. The Morgan fingerprint density at radius 2 is 2.08 bits per heavy atom. The van der Waals surface area contributed by atoms with Gasteiger partial charge in [0, 0.05) is 23.9 Å². The Bertz CT molecular complexity index is 745. The summed E-state index contributed by atoms with van der Waals surface area (Å²) in [6, 6.07) is 7.72. The van der Waals surface area contributed by atoms with Crippen molar-refractivity contribution in [3.63, 3.8) is 0 Å². The Kier molecular flexibility index (Phi) is 5.98. The number of primary amides is 1. The smallest absolute Gasteiger partial charge is 0.284 e. The zero-order chi connectivity index (χ0) is 18.4. The molecule has 0 aromatic carbocycles. The molecule has 2 aromatic heterocycles. The summed E-state index contributed by atoms with van der Waals surface area (Å²) < 4.78 is 5.40. The first-order valence-corrected chi connectivity index (χ1v) is 9.88. The number of nitrogens with one attached hydrogen (secondary N) is 2. The van der Waals surface area contributed by atoms with E-state index in [1.165, 1.54) is 37.0 Å². The SMILES string of the molecule is CN=C(NCc1ccc(C(N)=O)o1)NCC1(c2cccs2)CCCCC1. The van der Waals surface area contributed by atoms with Gasteiger partial charge in [0.2, 0.25) is 0 Å². The fraction of sp³-hybridized carbons (Fsp3) is 0.474. The molecule has 2 heterocycles. The fourth-order valence-corrected chi connectivity index (χ4v) is 4.56. The van der Waals surface area contributed by atoms with Crippen molar-refractivity contribution in [2.24, 2.45) is 10.7 Å². The van der Waals surface area contributed by atoms with E-state index in [9.17, 15) is 4.79 Å². The highest BCUT2D eigenvalue weighted by Gasteiger charge is 2.34. The summed E-state index contributed by atoms with van der Waals surface area (Å²) in [6.07, 6.45) is 6.28. The van der Waals surface area contributed by atoms with E-state index in [4.69, 9.17) is 10.2 Å². The third kappa shape index (κ3) is 4.27. The van der Waals surface area contributed by atoms with Crippen LogP contribution in [0.25, 0.3) is 0 Å². The monoisotopic (exact) mass is 374 g/mol. The van der Waals surface area contributed by atoms with E-state index in [0.717, 1.165) is 12.5 Å². The molecule has 140 valence electrons. The fourth-order valence-electron chi connectivity index (χ4n) is 3.57. The highest BCUT2D eigenvalue weighted by molar-refractivity contribution is 7.10.